The van der Waals surface area contributed by atoms with Crippen LogP contribution in [0.5, 0.6) is 0 Å². The van der Waals surface area contributed by atoms with Gasteiger partial charge >= 0.3 is 19.8 Å². The van der Waals surface area contributed by atoms with Crippen LogP contribution in [0.2, 0.25) is 0 Å². The van der Waals surface area contributed by atoms with Gasteiger partial charge in [0.15, 0.2) is 6.10 Å². The number of nitrogens with zero attached hydrogens (tertiary/aromatic N) is 1. The minimum Gasteiger partial charge on any atom is -0.462 e. The second-order valence-corrected chi connectivity index (χ2v) is 26.0. The molecule has 0 heterocycles. The molecule has 0 saturated carbocycles. The van der Waals surface area contributed by atoms with E-state index >= 15 is 0 Å². The topological polar surface area (TPSA) is 108 Å². The van der Waals surface area contributed by atoms with E-state index in [-0.39, 0.29) is 32.0 Å². The largest absolute Gasteiger partial charge is 0.472 e. The highest BCUT2D eigenvalue weighted by molar-refractivity contribution is 7.47. The quantitative estimate of drug-likeness (QED) is 0.0211. The van der Waals surface area contributed by atoms with Gasteiger partial charge in [0.05, 0.1) is 27.7 Å². The number of phosphoric acid groups is 1. The van der Waals surface area contributed by atoms with E-state index in [2.05, 4.69) is 160 Å². The molecule has 1 N–H and O–H groups in total. The summed E-state index contributed by atoms with van der Waals surface area (Å²) in [6.07, 6.45) is 99.5. The fraction of sp³-hybridized carbons (Fsp3) is 0.667. The maximum atomic E-state index is 12.9. The lowest BCUT2D eigenvalue weighted by Gasteiger charge is -2.24. The normalized spacial score (nSPS) is 14.0. The van der Waals surface area contributed by atoms with Crippen molar-refractivity contribution in [2.45, 2.75) is 290 Å². The Kier molecular flexibility index (Phi) is 64.1. The third-order valence-electron chi connectivity index (χ3n) is 14.9. The van der Waals surface area contributed by atoms with Crippen LogP contribution in [0, 0.1) is 0 Å². The Labute approximate surface area is 542 Å². The second kappa shape index (κ2) is 67.3. The first-order valence-corrected chi connectivity index (χ1v) is 37.1. The molecule has 0 bridgehead atoms. The molecule has 0 aliphatic heterocycles. The van der Waals surface area contributed by atoms with Gasteiger partial charge in [0.1, 0.15) is 19.8 Å². The predicted molar refractivity (Wildman–Crippen MR) is 380 cm³/mol. The first kappa shape index (κ1) is 83.9. The summed E-state index contributed by atoms with van der Waals surface area (Å²) in [6, 6.07) is 0. The van der Waals surface area contributed by atoms with Gasteiger partial charge in [-0.3, -0.25) is 18.6 Å². The molecule has 0 aliphatic rings. The van der Waals surface area contributed by atoms with Crippen LogP contribution in [-0.4, -0.2) is 74.9 Å². The van der Waals surface area contributed by atoms with E-state index in [0.29, 0.717) is 17.4 Å². The molecular weight excluding hydrogens is 1110 g/mol. The Morgan fingerprint density at radius 2 is 0.614 bits per heavy atom. The van der Waals surface area contributed by atoms with Crippen LogP contribution in [0.4, 0.5) is 0 Å². The van der Waals surface area contributed by atoms with Crippen LogP contribution in [0.1, 0.15) is 284 Å². The number of quaternary nitrogens is 1. The number of ether oxygens (including phenoxy) is 2. The summed E-state index contributed by atoms with van der Waals surface area (Å²) in [7, 11) is 1.47. The van der Waals surface area contributed by atoms with Crippen molar-refractivity contribution in [1.82, 2.24) is 0 Å². The number of allylic oxidation sites excluding steroid dienone is 24. The van der Waals surface area contributed by atoms with Crippen LogP contribution in [0.15, 0.2) is 146 Å². The molecule has 0 aromatic heterocycles. The van der Waals surface area contributed by atoms with Crippen molar-refractivity contribution >= 4 is 19.8 Å². The summed E-state index contributed by atoms with van der Waals surface area (Å²) in [4.78, 5) is 35.9. The summed E-state index contributed by atoms with van der Waals surface area (Å²) in [5.41, 5.74) is 0. The Balaban J connectivity index is 4.07. The van der Waals surface area contributed by atoms with E-state index in [0.717, 1.165) is 128 Å². The van der Waals surface area contributed by atoms with E-state index in [9.17, 15) is 19.0 Å². The average molecular weight is 1240 g/mol. The van der Waals surface area contributed by atoms with Crippen LogP contribution in [0.3, 0.4) is 0 Å². The molecule has 0 rings (SSSR count). The summed E-state index contributed by atoms with van der Waals surface area (Å²) in [5, 5.41) is 0. The summed E-state index contributed by atoms with van der Waals surface area (Å²) in [5.74, 6) is -0.803. The maximum absolute atomic E-state index is 12.9. The van der Waals surface area contributed by atoms with Gasteiger partial charge in [0, 0.05) is 12.8 Å². The van der Waals surface area contributed by atoms with Crippen molar-refractivity contribution < 1.29 is 42.1 Å². The van der Waals surface area contributed by atoms with E-state index in [1.165, 1.54) is 122 Å². The Morgan fingerprint density at radius 1 is 0.352 bits per heavy atom. The van der Waals surface area contributed by atoms with Gasteiger partial charge in [-0.05, 0) is 116 Å². The van der Waals surface area contributed by atoms with Crippen molar-refractivity contribution in [2.75, 3.05) is 47.5 Å². The van der Waals surface area contributed by atoms with E-state index in [4.69, 9.17) is 18.5 Å². The number of unbranched alkanes of at least 4 members (excludes halogenated alkanes) is 26. The zero-order valence-corrected chi connectivity index (χ0v) is 58.1. The Hall–Kier alpha value is -4.11. The lowest BCUT2D eigenvalue weighted by Crippen LogP contribution is -2.37. The van der Waals surface area contributed by atoms with Crippen molar-refractivity contribution in [3.05, 3.63) is 146 Å². The third-order valence-corrected chi connectivity index (χ3v) is 15.8. The number of likely N-dealkylation sites (N-methyl/N-ethyl adjacent to an activating group) is 1. The summed E-state index contributed by atoms with van der Waals surface area (Å²) >= 11 is 0. The van der Waals surface area contributed by atoms with Crippen LogP contribution in [-0.2, 0) is 32.7 Å². The molecule has 0 saturated heterocycles. The molecule has 0 aromatic rings. The maximum Gasteiger partial charge on any atom is 0.472 e. The fourth-order valence-electron chi connectivity index (χ4n) is 9.50. The van der Waals surface area contributed by atoms with Crippen LogP contribution < -0.4 is 0 Å². The highest BCUT2D eigenvalue weighted by Gasteiger charge is 2.27. The summed E-state index contributed by atoms with van der Waals surface area (Å²) < 4.78 is 34.7. The zero-order chi connectivity index (χ0) is 64.1. The first-order chi connectivity index (χ1) is 43.0. The molecule has 2 atom stereocenters. The molecule has 0 aliphatic carbocycles. The number of phosphoric ester groups is 1. The Bertz CT molecular complexity index is 2000. The second-order valence-electron chi connectivity index (χ2n) is 24.5. The van der Waals surface area contributed by atoms with Gasteiger partial charge in [-0.15, -0.1) is 0 Å². The molecule has 88 heavy (non-hydrogen) atoms. The molecule has 0 aromatic carbocycles. The standard InChI is InChI=1S/C78H132NO8P/c1-6-8-10-12-14-16-18-20-22-24-26-28-30-32-34-36-37-38-39-40-41-43-45-47-49-51-53-55-57-59-61-63-65-67-69-71-78(81)87-76(75-86-88(82,83)85-73-72-79(3,4)5)74-84-77(80)70-68-66-64-62-60-58-56-54-52-50-48-46-44-42-35-33-31-29-27-25-23-21-19-17-15-13-11-9-7-2/h8-11,14-17,20-23,26-29,32-35,37-38,44,46,76H,6-7,12-13,18-19,24-25,30-31,36,39-43,45,47-75H2,1-5H3/p+1/b10-8-,11-9-,16-14-,17-15-,22-20-,23-21-,28-26-,29-27-,34-32-,35-33-,38-37-,46-44-. The van der Waals surface area contributed by atoms with Crippen LogP contribution >= 0.6 is 7.82 Å². The van der Waals surface area contributed by atoms with Crippen LogP contribution in [0.25, 0.3) is 0 Å². The minimum atomic E-state index is -4.40. The lowest BCUT2D eigenvalue weighted by atomic mass is 10.0. The minimum absolute atomic E-state index is 0.0253. The molecule has 0 fully saturated rings. The SMILES string of the molecule is CC/C=C\C/C=C\C/C=C\C/C=C\C/C=C\C/C=C\CCCCCCCCCCCCCCCCCCC(=O)OC(COC(=O)CCCCCCCCCCCC/C=C\C/C=C\C/C=C\C/C=C\C/C=C\C/C=C\CC)COP(=O)(O)OCC[N+](C)(C)C. The zero-order valence-electron chi connectivity index (χ0n) is 57.2. The first-order valence-electron chi connectivity index (χ1n) is 35.6. The lowest BCUT2D eigenvalue weighted by molar-refractivity contribution is -0.870. The van der Waals surface area contributed by atoms with Gasteiger partial charge in [-0.2, -0.15) is 0 Å². The fourth-order valence-corrected chi connectivity index (χ4v) is 10.2. The number of carbonyl (C=O) groups is 2. The van der Waals surface area contributed by atoms with E-state index < -0.39 is 26.5 Å². The average Bonchev–Trinajstić information content (AvgIpc) is 3.57. The number of carbonyl (C=O) groups excluding carboxylic acids is 2. The number of rotatable bonds is 64. The van der Waals surface area contributed by atoms with Crippen molar-refractivity contribution in [3.8, 4) is 0 Å². The van der Waals surface area contributed by atoms with E-state index in [1.807, 2.05) is 21.1 Å². The van der Waals surface area contributed by atoms with Gasteiger partial charge in [-0.25, -0.2) is 4.57 Å². The summed E-state index contributed by atoms with van der Waals surface area (Å²) in [6.45, 7) is 4.21. The molecular formula is C78H133NO8P+. The highest BCUT2D eigenvalue weighted by Crippen LogP contribution is 2.43. The third kappa shape index (κ3) is 71.0. The van der Waals surface area contributed by atoms with Crippen molar-refractivity contribution in [3.63, 3.8) is 0 Å². The monoisotopic (exact) mass is 1240 g/mol. The molecule has 10 heteroatoms. The van der Waals surface area contributed by atoms with Gasteiger partial charge < -0.3 is 18.9 Å². The molecule has 9 nitrogen and oxygen atoms in total. The highest BCUT2D eigenvalue weighted by atomic mass is 31.2. The number of hydrogen-bond acceptors (Lipinski definition) is 7. The number of esters is 2. The smallest absolute Gasteiger partial charge is 0.462 e. The van der Waals surface area contributed by atoms with Crippen molar-refractivity contribution in [2.24, 2.45) is 0 Å². The van der Waals surface area contributed by atoms with Gasteiger partial charge in [0.25, 0.3) is 0 Å². The van der Waals surface area contributed by atoms with E-state index in [1.54, 1.807) is 0 Å². The molecule has 0 spiro atoms. The molecule has 502 valence electrons. The van der Waals surface area contributed by atoms with Gasteiger partial charge in [-0.1, -0.05) is 301 Å². The number of hydrogen-bond donors (Lipinski definition) is 1. The predicted octanol–water partition coefficient (Wildman–Crippen LogP) is 23.4. The van der Waals surface area contributed by atoms with Gasteiger partial charge in [0.2, 0.25) is 0 Å². The van der Waals surface area contributed by atoms with Crippen molar-refractivity contribution in [1.29, 1.82) is 0 Å². The Morgan fingerprint density at radius 3 is 0.909 bits per heavy atom. The molecule has 0 radical (unpaired) electrons. The molecule has 2 unspecified atom stereocenters. The molecule has 0 amide bonds.